The highest BCUT2D eigenvalue weighted by atomic mass is 16.8. The Bertz CT molecular complexity index is 5790. The van der Waals surface area contributed by atoms with Crippen molar-refractivity contribution < 1.29 is 66.9 Å². The number of anilines is 9. The van der Waals surface area contributed by atoms with Gasteiger partial charge in [-0.2, -0.15) is 0 Å². The number of hydrogen-bond donors (Lipinski definition) is 7. The Morgan fingerprint density at radius 2 is 0.699 bits per heavy atom. The SMILES string of the molecule is C.CCOC(OCC)OCC.Cc1cc(Nc2cc(NC(=O)OC(C)(C)C)ncn2)c(N)c(CC(C)C)c1C(=O)N(C)C.Cc1cc(Nc2cc(NC(=O)OC(C)(C)C)ncn2)c([N+](=O)[O-])c(CC(C)C)c1C(=O)N(C)C.Cc1cc2c(ncn2-c2cc(N)ncn2)c(CC(C)C)c1C(=O)N(C)C.Cc1cc2c(ncn2-c2cc(NC(=O)OC(C)(C)C)ncn2)c(CC(C)C)c1C(=O)N(C)C. The lowest BCUT2D eigenvalue weighted by Gasteiger charge is -2.22. The molecule has 0 unspecified atom stereocenters. The Morgan fingerprint density at radius 1 is 0.404 bits per heavy atom. The molecule has 740 valence electrons. The highest BCUT2D eigenvalue weighted by molar-refractivity contribution is 6.04. The summed E-state index contributed by atoms with van der Waals surface area (Å²) >= 11 is 0. The van der Waals surface area contributed by atoms with Crippen LogP contribution in [0.3, 0.4) is 0 Å². The van der Waals surface area contributed by atoms with Crippen LogP contribution in [0.2, 0.25) is 0 Å². The minimum atomic E-state index is -0.690. The van der Waals surface area contributed by atoms with Crippen molar-refractivity contribution in [3.63, 3.8) is 0 Å². The molecule has 0 fully saturated rings. The summed E-state index contributed by atoms with van der Waals surface area (Å²) in [6, 6.07) is 13.7. The monoisotopic (exact) mass is 1880 g/mol. The average Bonchev–Trinajstić information content (AvgIpc) is 1.58. The van der Waals surface area contributed by atoms with Gasteiger partial charge in [-0.3, -0.25) is 54.4 Å². The maximum Gasteiger partial charge on any atom is 0.413 e. The molecular formula is C97H142N24O15. The molecule has 9 N–H and O–H groups in total. The number of nitro groups is 1. The third-order valence-electron chi connectivity index (χ3n) is 19.1. The lowest BCUT2D eigenvalue weighted by Crippen LogP contribution is -2.27. The Kier molecular flexibility index (Phi) is 41.5. The third kappa shape index (κ3) is 32.9. The highest BCUT2D eigenvalue weighted by Crippen LogP contribution is 2.40. The Labute approximate surface area is 798 Å². The number of carbonyl (C=O) groups excluding carboxylic acids is 7. The number of hydrogen-bond acceptors (Lipinski definition) is 29. The summed E-state index contributed by atoms with van der Waals surface area (Å²) in [5.41, 5.74) is 23.5. The smallest absolute Gasteiger partial charge is 0.413 e. The molecule has 0 spiro atoms. The van der Waals surface area contributed by atoms with E-state index in [1.165, 1.54) is 36.3 Å². The van der Waals surface area contributed by atoms with Crippen molar-refractivity contribution in [2.45, 2.75) is 223 Å². The van der Waals surface area contributed by atoms with Crippen LogP contribution in [0.15, 0.2) is 86.5 Å². The second kappa shape index (κ2) is 50.0. The zero-order chi connectivity index (χ0) is 101. The molecule has 0 saturated heterocycles. The van der Waals surface area contributed by atoms with Gasteiger partial charge in [-0.1, -0.05) is 62.8 Å². The Balaban J connectivity index is 0.000000309. The molecule has 6 heterocycles. The van der Waals surface area contributed by atoms with E-state index in [1.54, 1.807) is 177 Å². The van der Waals surface area contributed by atoms with Gasteiger partial charge in [-0.15, -0.1) is 0 Å². The molecule has 0 bridgehead atoms. The van der Waals surface area contributed by atoms with Crippen LogP contribution in [0.4, 0.5) is 72.0 Å². The van der Waals surface area contributed by atoms with Crippen LogP contribution < -0.4 is 38.1 Å². The van der Waals surface area contributed by atoms with Crippen LogP contribution in [0.25, 0.3) is 33.7 Å². The zero-order valence-corrected chi connectivity index (χ0v) is 84.3. The van der Waals surface area contributed by atoms with Crippen molar-refractivity contribution in [1.82, 2.24) is 78.6 Å². The highest BCUT2D eigenvalue weighted by Gasteiger charge is 2.33. The number of nitrogen functional groups attached to an aromatic ring is 2. The maximum atomic E-state index is 13.0. The lowest BCUT2D eigenvalue weighted by molar-refractivity contribution is -0.384. The number of nitro benzene ring substituents is 1. The van der Waals surface area contributed by atoms with Gasteiger partial charge in [0.05, 0.1) is 43.9 Å². The van der Waals surface area contributed by atoms with Crippen molar-refractivity contribution in [3.05, 3.63) is 163 Å². The van der Waals surface area contributed by atoms with Gasteiger partial charge in [-0.25, -0.2) is 64.2 Å². The molecule has 0 atom stereocenters. The molecule has 0 aliphatic carbocycles. The largest absolute Gasteiger partial charge is 0.444 e. The van der Waals surface area contributed by atoms with E-state index in [4.69, 9.17) is 39.9 Å². The standard InChI is InChI=1S/C24H32N6O3.C23H32N6O5.C23H34N6O3.C19H24N6O.C7H16O3.CH4/c1-14(2)9-16-20(22(31)29(7)8)15(3)10-17-21(16)27-13-30(17)19-11-18(25-12-26-19)28-23(32)33-24(4,5)6;1-13(2)9-15-19(21(30)28(7)8)14(3)10-16(20(15)29(32)33)26-17-11-18(25-12-24-17)27-22(31)34-23(4,5)6;1-13(2)9-15-19(21(30)29(7)8)14(3)10-16(20(15)24)27-17-11-18(26-12-25-17)28-22(31)32-23(4,5)6;1-11(2)6-13-17(19(26)24(4)5)12(3)7-14-18(13)23-10-25(14)16-8-15(20)21-9-22-16;1-4-8-7(9-5-2)10-6-3;/h10-14H,9H2,1-8H3,(H,25,26,28,32);10-13H,9H2,1-8H3,(H2,24,25,26,27,31);10-13H,9,24H2,1-8H3,(H2,25,26,27,28,31);7-11H,6H2,1-5H3,(H2,20,21,22);7H,4-6H2,1-3H3;1H4. The first kappa shape index (κ1) is 113. The predicted molar refractivity (Wildman–Crippen MR) is 532 cm³/mol. The van der Waals surface area contributed by atoms with Crippen LogP contribution in [-0.4, -0.2) is 225 Å². The number of nitrogens with zero attached hydrogens (tertiary/aromatic N) is 17. The molecule has 39 heteroatoms. The molecule has 136 heavy (non-hydrogen) atoms. The number of ether oxygens (including phenoxy) is 6. The number of benzene rings is 4. The van der Waals surface area contributed by atoms with E-state index in [0.29, 0.717) is 119 Å². The number of imidazole rings is 2. The van der Waals surface area contributed by atoms with E-state index in [-0.39, 0.29) is 65.8 Å². The van der Waals surface area contributed by atoms with Crippen molar-refractivity contribution in [2.24, 2.45) is 23.7 Å². The summed E-state index contributed by atoms with van der Waals surface area (Å²) < 4.78 is 34.7. The molecule has 10 aromatic rings. The molecule has 39 nitrogen and oxygen atoms in total. The van der Waals surface area contributed by atoms with Crippen LogP contribution in [0.5, 0.6) is 0 Å². The van der Waals surface area contributed by atoms with Crippen LogP contribution in [0.1, 0.15) is 232 Å². The van der Waals surface area contributed by atoms with Gasteiger partial charge in [0.2, 0.25) is 0 Å². The zero-order valence-electron chi connectivity index (χ0n) is 84.3. The molecule has 0 saturated carbocycles. The van der Waals surface area contributed by atoms with Gasteiger partial charge in [-0.05, 0) is 223 Å². The number of carbonyl (C=O) groups is 7. The van der Waals surface area contributed by atoms with Crippen molar-refractivity contribution >= 4 is 122 Å². The summed E-state index contributed by atoms with van der Waals surface area (Å²) in [5.74, 6) is 3.74. The summed E-state index contributed by atoms with van der Waals surface area (Å²) in [6.45, 7) is 47.1. The minimum absolute atomic E-state index is 0. The summed E-state index contributed by atoms with van der Waals surface area (Å²) in [5, 5.41) is 26.0. The fourth-order valence-electron chi connectivity index (χ4n) is 13.9. The van der Waals surface area contributed by atoms with Gasteiger partial charge in [0.15, 0.2) is 0 Å². The average molecular weight is 1880 g/mol. The number of nitrogens with two attached hydrogens (primary N) is 2. The first-order chi connectivity index (χ1) is 63.0. The maximum absolute atomic E-state index is 13.0. The molecule has 4 aromatic carbocycles. The summed E-state index contributed by atoms with van der Waals surface area (Å²) in [4.78, 5) is 148. The molecule has 7 amide bonds. The molecule has 10 rings (SSSR count). The molecule has 6 aromatic heterocycles. The predicted octanol–water partition coefficient (Wildman–Crippen LogP) is 18.0. The molecule has 0 radical (unpaired) electrons. The van der Waals surface area contributed by atoms with Gasteiger partial charge in [0.25, 0.3) is 35.8 Å². The third-order valence-corrected chi connectivity index (χ3v) is 19.1. The summed E-state index contributed by atoms with van der Waals surface area (Å²) in [6.07, 6.45) is 9.36. The molecular weight excluding hydrogens is 1740 g/mol. The van der Waals surface area contributed by atoms with Gasteiger partial charge < -0.3 is 70.1 Å². The second-order valence-corrected chi connectivity index (χ2v) is 37.4. The number of aryl methyl sites for hydroxylation is 4. The first-order valence-electron chi connectivity index (χ1n) is 44.5. The fourth-order valence-corrected chi connectivity index (χ4v) is 13.9. The second-order valence-electron chi connectivity index (χ2n) is 37.4. The van der Waals surface area contributed by atoms with Crippen molar-refractivity contribution in [3.8, 4) is 11.6 Å². The normalized spacial score (nSPS) is 11.2. The Hall–Kier alpha value is -13.7. The fraction of sp³-hybridized carbons (Fsp3) is 0.495. The summed E-state index contributed by atoms with van der Waals surface area (Å²) in [7, 11) is 13.7. The van der Waals surface area contributed by atoms with Crippen molar-refractivity contribution in [2.75, 3.05) is 114 Å². The lowest BCUT2D eigenvalue weighted by atomic mass is 9.91. The van der Waals surface area contributed by atoms with E-state index in [1.807, 2.05) is 82.7 Å². The van der Waals surface area contributed by atoms with E-state index in [2.05, 4.69) is 118 Å². The van der Waals surface area contributed by atoms with Crippen LogP contribution >= 0.6 is 0 Å². The van der Waals surface area contributed by atoms with E-state index in [9.17, 15) is 43.7 Å². The number of amides is 7. The van der Waals surface area contributed by atoms with Crippen LogP contribution in [0, 0.1) is 61.5 Å². The van der Waals surface area contributed by atoms with E-state index < -0.39 is 46.5 Å². The molecule has 0 aliphatic heterocycles. The first-order valence-corrected chi connectivity index (χ1v) is 44.5. The van der Waals surface area contributed by atoms with Crippen LogP contribution in [-0.2, 0) is 54.1 Å². The van der Waals surface area contributed by atoms with E-state index >= 15 is 0 Å². The number of fused-ring (bicyclic) bond motifs is 2. The molecule has 0 aliphatic rings. The van der Waals surface area contributed by atoms with Gasteiger partial charge in [0, 0.05) is 123 Å². The Morgan fingerprint density at radius 3 is 1.04 bits per heavy atom. The van der Waals surface area contributed by atoms with Crippen molar-refractivity contribution in [1.29, 1.82) is 0 Å². The van der Waals surface area contributed by atoms with Gasteiger partial charge in [0.1, 0.15) is 107 Å². The number of rotatable bonds is 28. The number of nitrogens with one attached hydrogen (secondary N) is 5. The number of aromatic nitrogens is 12. The minimum Gasteiger partial charge on any atom is -0.444 e. The van der Waals surface area contributed by atoms with Gasteiger partial charge >= 0.3 is 18.3 Å². The quantitative estimate of drug-likeness (QED) is 0.00787. The van der Waals surface area contributed by atoms with E-state index in [0.717, 1.165) is 73.9 Å². The topological polar surface area (TPSA) is 482 Å².